The van der Waals surface area contributed by atoms with E-state index in [0.717, 1.165) is 17.8 Å². The third-order valence-corrected chi connectivity index (χ3v) is 4.68. The van der Waals surface area contributed by atoms with E-state index in [4.69, 9.17) is 0 Å². The topological polar surface area (TPSA) is 49.9 Å². The minimum Gasteiger partial charge on any atom is -0.465 e. The van der Waals surface area contributed by atoms with E-state index in [1.165, 1.54) is 19.2 Å². The van der Waals surface area contributed by atoms with Crippen molar-refractivity contribution in [1.82, 2.24) is 4.90 Å². The molecule has 0 N–H and O–H groups in total. The van der Waals surface area contributed by atoms with Gasteiger partial charge >= 0.3 is 12.1 Å². The number of nitrogens with zero attached hydrogens (tertiary/aromatic N) is 2. The van der Waals surface area contributed by atoms with Gasteiger partial charge in [0.1, 0.15) is 0 Å². The monoisotopic (exact) mass is 392 g/mol. The average molecular weight is 392 g/mol. The first-order valence-corrected chi connectivity index (χ1v) is 8.69. The first kappa shape index (κ1) is 19.7. The Morgan fingerprint density at radius 1 is 0.857 bits per heavy atom. The number of hydrogen-bond donors (Lipinski definition) is 0. The maximum absolute atomic E-state index is 12.6. The highest BCUT2D eigenvalue weighted by atomic mass is 19.4. The fourth-order valence-corrected chi connectivity index (χ4v) is 3.08. The van der Waals surface area contributed by atoms with E-state index in [1.54, 1.807) is 17.0 Å². The standard InChI is InChI=1S/C20H19F3N2O3/c1-28-19(27)15-4-8-17(9-5-15)24-10-12-25(13-11-24)18(26)14-2-6-16(7-3-14)20(21,22)23/h2-9H,10-13H2,1H3. The van der Waals surface area contributed by atoms with E-state index in [9.17, 15) is 22.8 Å². The number of hydrogen-bond acceptors (Lipinski definition) is 4. The van der Waals surface area contributed by atoms with Crippen LogP contribution in [-0.2, 0) is 10.9 Å². The van der Waals surface area contributed by atoms with E-state index in [1.807, 2.05) is 12.1 Å². The number of alkyl halides is 3. The number of halogens is 3. The van der Waals surface area contributed by atoms with Gasteiger partial charge in [-0.2, -0.15) is 13.2 Å². The molecule has 0 spiro atoms. The second-order valence-corrected chi connectivity index (χ2v) is 6.39. The van der Waals surface area contributed by atoms with Gasteiger partial charge in [-0.3, -0.25) is 4.79 Å². The number of carbonyl (C=O) groups is 2. The van der Waals surface area contributed by atoms with Crippen molar-refractivity contribution in [3.63, 3.8) is 0 Å². The van der Waals surface area contributed by atoms with Gasteiger partial charge in [0.05, 0.1) is 18.2 Å². The lowest BCUT2D eigenvalue weighted by Crippen LogP contribution is -2.48. The first-order valence-electron chi connectivity index (χ1n) is 8.69. The predicted octanol–water partition coefficient (Wildman–Crippen LogP) is 3.45. The lowest BCUT2D eigenvalue weighted by atomic mass is 10.1. The van der Waals surface area contributed by atoms with Crippen LogP contribution in [0.3, 0.4) is 0 Å². The van der Waals surface area contributed by atoms with Crippen LogP contribution in [0.1, 0.15) is 26.3 Å². The van der Waals surface area contributed by atoms with Crippen molar-refractivity contribution in [1.29, 1.82) is 0 Å². The third kappa shape index (κ3) is 4.27. The Bertz CT molecular complexity index is 840. The minimum absolute atomic E-state index is 0.240. The molecule has 1 aliphatic heterocycles. The molecule has 8 heteroatoms. The molecule has 1 aliphatic rings. The highest BCUT2D eigenvalue weighted by Crippen LogP contribution is 2.29. The van der Waals surface area contributed by atoms with Crippen LogP contribution in [0.5, 0.6) is 0 Å². The van der Waals surface area contributed by atoms with E-state index >= 15 is 0 Å². The molecule has 0 aliphatic carbocycles. The lowest BCUT2D eigenvalue weighted by Gasteiger charge is -2.36. The van der Waals surface area contributed by atoms with Crippen LogP contribution in [0.4, 0.5) is 18.9 Å². The van der Waals surface area contributed by atoms with Gasteiger partial charge in [-0.15, -0.1) is 0 Å². The largest absolute Gasteiger partial charge is 0.465 e. The highest BCUT2D eigenvalue weighted by molar-refractivity contribution is 5.94. The molecular formula is C20H19F3N2O3. The van der Waals surface area contributed by atoms with Crippen LogP contribution < -0.4 is 4.90 Å². The molecule has 148 valence electrons. The van der Waals surface area contributed by atoms with E-state index in [-0.39, 0.29) is 11.5 Å². The maximum atomic E-state index is 12.6. The number of rotatable bonds is 3. The molecule has 0 bridgehead atoms. The molecule has 0 saturated carbocycles. The molecule has 0 atom stereocenters. The van der Waals surface area contributed by atoms with Gasteiger partial charge in [0.2, 0.25) is 0 Å². The van der Waals surface area contributed by atoms with Gasteiger partial charge in [-0.25, -0.2) is 4.79 Å². The van der Waals surface area contributed by atoms with Gasteiger partial charge in [0, 0.05) is 37.4 Å². The molecule has 0 aromatic heterocycles. The van der Waals surface area contributed by atoms with Crippen molar-refractivity contribution < 1.29 is 27.5 Å². The Morgan fingerprint density at radius 2 is 1.39 bits per heavy atom. The number of ether oxygens (including phenoxy) is 1. The van der Waals surface area contributed by atoms with Crippen molar-refractivity contribution in [3.05, 3.63) is 65.2 Å². The van der Waals surface area contributed by atoms with Crippen molar-refractivity contribution in [2.24, 2.45) is 0 Å². The smallest absolute Gasteiger partial charge is 0.416 e. The molecule has 1 amide bonds. The van der Waals surface area contributed by atoms with Crippen molar-refractivity contribution in [3.8, 4) is 0 Å². The summed E-state index contributed by atoms with van der Waals surface area (Å²) in [4.78, 5) is 27.7. The summed E-state index contributed by atoms with van der Waals surface area (Å²) in [5, 5.41) is 0. The highest BCUT2D eigenvalue weighted by Gasteiger charge is 2.30. The van der Waals surface area contributed by atoms with E-state index < -0.39 is 17.7 Å². The number of methoxy groups -OCH3 is 1. The molecular weight excluding hydrogens is 373 g/mol. The summed E-state index contributed by atoms with van der Waals surface area (Å²) in [6.07, 6.45) is -4.42. The Hall–Kier alpha value is -3.03. The lowest BCUT2D eigenvalue weighted by molar-refractivity contribution is -0.137. The van der Waals surface area contributed by atoms with E-state index in [2.05, 4.69) is 9.64 Å². The molecule has 0 unspecified atom stereocenters. The molecule has 2 aromatic rings. The number of esters is 1. The van der Waals surface area contributed by atoms with Crippen LogP contribution >= 0.6 is 0 Å². The third-order valence-electron chi connectivity index (χ3n) is 4.68. The van der Waals surface area contributed by atoms with Crippen molar-refractivity contribution in [2.45, 2.75) is 6.18 Å². The van der Waals surface area contributed by atoms with Crippen molar-refractivity contribution >= 4 is 17.6 Å². The van der Waals surface area contributed by atoms with Crippen LogP contribution in [0.25, 0.3) is 0 Å². The predicted molar refractivity (Wildman–Crippen MR) is 97.3 cm³/mol. The number of piperazine rings is 1. The SMILES string of the molecule is COC(=O)c1ccc(N2CCN(C(=O)c3ccc(C(F)(F)F)cc3)CC2)cc1. The van der Waals surface area contributed by atoms with E-state index in [0.29, 0.717) is 31.7 Å². The van der Waals surface area contributed by atoms with Gasteiger partial charge in [-0.05, 0) is 48.5 Å². The Morgan fingerprint density at radius 3 is 1.89 bits per heavy atom. The Balaban J connectivity index is 1.60. The fraction of sp³-hybridized carbons (Fsp3) is 0.300. The van der Waals surface area contributed by atoms with Crippen LogP contribution in [0.2, 0.25) is 0 Å². The molecule has 0 radical (unpaired) electrons. The summed E-state index contributed by atoms with van der Waals surface area (Å²) in [7, 11) is 1.32. The number of amides is 1. The summed E-state index contributed by atoms with van der Waals surface area (Å²) >= 11 is 0. The number of anilines is 1. The summed E-state index contributed by atoms with van der Waals surface area (Å²) in [6.45, 7) is 2.09. The normalized spacial score (nSPS) is 14.7. The second-order valence-electron chi connectivity index (χ2n) is 6.39. The molecule has 2 aromatic carbocycles. The quantitative estimate of drug-likeness (QED) is 0.751. The van der Waals surface area contributed by atoms with Crippen LogP contribution in [-0.4, -0.2) is 50.1 Å². The molecule has 3 rings (SSSR count). The maximum Gasteiger partial charge on any atom is 0.416 e. The van der Waals surface area contributed by atoms with Gasteiger partial charge in [0.25, 0.3) is 5.91 Å². The summed E-state index contributed by atoms with van der Waals surface area (Å²) in [6, 6.07) is 11.3. The fourth-order valence-electron chi connectivity index (χ4n) is 3.08. The average Bonchev–Trinajstić information content (AvgIpc) is 2.72. The van der Waals surface area contributed by atoms with Gasteiger partial charge in [-0.1, -0.05) is 0 Å². The molecule has 1 fully saturated rings. The van der Waals surface area contributed by atoms with Crippen LogP contribution in [0.15, 0.2) is 48.5 Å². The Kier molecular flexibility index (Phi) is 5.58. The summed E-state index contributed by atoms with van der Waals surface area (Å²) in [5.41, 5.74) is 0.852. The Labute approximate surface area is 160 Å². The summed E-state index contributed by atoms with van der Waals surface area (Å²) < 4.78 is 42.6. The minimum atomic E-state index is -4.42. The van der Waals surface area contributed by atoms with Gasteiger partial charge in [0.15, 0.2) is 0 Å². The zero-order chi connectivity index (χ0) is 20.3. The molecule has 1 heterocycles. The second kappa shape index (κ2) is 7.92. The first-order chi connectivity index (χ1) is 13.3. The van der Waals surface area contributed by atoms with Crippen LogP contribution in [0, 0.1) is 0 Å². The molecule has 28 heavy (non-hydrogen) atoms. The summed E-state index contributed by atoms with van der Waals surface area (Å²) in [5.74, 6) is -0.687. The number of benzene rings is 2. The zero-order valence-corrected chi connectivity index (χ0v) is 15.2. The van der Waals surface area contributed by atoms with Crippen molar-refractivity contribution in [2.75, 3.05) is 38.2 Å². The van der Waals surface area contributed by atoms with Gasteiger partial charge < -0.3 is 14.5 Å². The zero-order valence-electron chi connectivity index (χ0n) is 15.2. The number of carbonyl (C=O) groups excluding carboxylic acids is 2. The molecule has 1 saturated heterocycles. The molecule has 5 nitrogen and oxygen atoms in total.